The smallest absolute Gasteiger partial charge is 0.0379 e. The minimum atomic E-state index is 0.648. The van der Waals surface area contributed by atoms with Crippen LogP contribution in [-0.2, 0) is 0 Å². The van der Waals surface area contributed by atoms with Crippen molar-refractivity contribution in [2.75, 3.05) is 32.6 Å². The van der Waals surface area contributed by atoms with Gasteiger partial charge in [-0.2, -0.15) is 0 Å². The van der Waals surface area contributed by atoms with Crippen LogP contribution in [0.15, 0.2) is 0 Å². The highest BCUT2D eigenvalue weighted by molar-refractivity contribution is 6.18. The van der Waals surface area contributed by atoms with Crippen LogP contribution in [0.2, 0.25) is 0 Å². The molecule has 2 saturated heterocycles. The Labute approximate surface area is 98.6 Å². The van der Waals surface area contributed by atoms with Gasteiger partial charge < -0.3 is 4.90 Å². The molecule has 0 aromatic heterocycles. The standard InChI is InChI=1S/C12H23ClN2/c1-14-7-4-6-12(14)10-15-8-3-2-5-11(15)9-13/h11-12H,2-10H2,1H3. The maximum absolute atomic E-state index is 6.04. The summed E-state index contributed by atoms with van der Waals surface area (Å²) >= 11 is 6.04. The molecule has 15 heavy (non-hydrogen) atoms. The van der Waals surface area contributed by atoms with Crippen molar-refractivity contribution in [2.45, 2.75) is 44.2 Å². The van der Waals surface area contributed by atoms with Crippen LogP contribution < -0.4 is 0 Å². The van der Waals surface area contributed by atoms with Gasteiger partial charge in [-0.25, -0.2) is 0 Å². The van der Waals surface area contributed by atoms with Gasteiger partial charge in [-0.15, -0.1) is 11.6 Å². The number of piperidine rings is 1. The van der Waals surface area contributed by atoms with Crippen molar-refractivity contribution < 1.29 is 0 Å². The second kappa shape index (κ2) is 5.51. The maximum atomic E-state index is 6.04. The van der Waals surface area contributed by atoms with Crippen molar-refractivity contribution in [3.8, 4) is 0 Å². The number of alkyl halides is 1. The lowest BCUT2D eigenvalue weighted by atomic mass is 10.0. The number of hydrogen-bond acceptors (Lipinski definition) is 2. The van der Waals surface area contributed by atoms with E-state index < -0.39 is 0 Å². The molecule has 2 unspecified atom stereocenters. The fourth-order valence-corrected chi connectivity index (χ4v) is 3.31. The van der Waals surface area contributed by atoms with Gasteiger partial charge in [-0.1, -0.05) is 6.42 Å². The van der Waals surface area contributed by atoms with E-state index in [0.717, 1.165) is 11.9 Å². The molecule has 0 saturated carbocycles. The first-order valence-electron chi connectivity index (χ1n) is 6.31. The highest BCUT2D eigenvalue weighted by atomic mass is 35.5. The van der Waals surface area contributed by atoms with E-state index in [1.54, 1.807) is 0 Å². The van der Waals surface area contributed by atoms with Gasteiger partial charge >= 0.3 is 0 Å². The van der Waals surface area contributed by atoms with E-state index in [1.807, 2.05) is 0 Å². The second-order valence-electron chi connectivity index (χ2n) is 5.08. The molecule has 2 rings (SSSR count). The predicted molar refractivity (Wildman–Crippen MR) is 65.6 cm³/mol. The third kappa shape index (κ3) is 2.86. The van der Waals surface area contributed by atoms with E-state index in [4.69, 9.17) is 11.6 Å². The number of halogens is 1. The minimum Gasteiger partial charge on any atom is -0.302 e. The Hall–Kier alpha value is 0.210. The SMILES string of the molecule is CN1CCCC1CN1CCCCC1CCl. The van der Waals surface area contributed by atoms with Gasteiger partial charge in [0.25, 0.3) is 0 Å². The first-order valence-corrected chi connectivity index (χ1v) is 6.85. The lowest BCUT2D eigenvalue weighted by Gasteiger charge is -2.37. The van der Waals surface area contributed by atoms with Crippen molar-refractivity contribution >= 4 is 11.6 Å². The quantitative estimate of drug-likeness (QED) is 0.686. The zero-order chi connectivity index (χ0) is 10.7. The van der Waals surface area contributed by atoms with Crippen LogP contribution in [0.25, 0.3) is 0 Å². The summed E-state index contributed by atoms with van der Waals surface area (Å²) in [6.45, 7) is 3.79. The Morgan fingerprint density at radius 3 is 2.53 bits per heavy atom. The molecule has 0 aromatic rings. The largest absolute Gasteiger partial charge is 0.302 e. The molecule has 2 atom stereocenters. The van der Waals surface area contributed by atoms with E-state index in [2.05, 4.69) is 16.8 Å². The molecule has 0 radical (unpaired) electrons. The Bertz CT molecular complexity index is 198. The van der Waals surface area contributed by atoms with Gasteiger partial charge in [-0.05, 0) is 45.8 Å². The average molecular weight is 231 g/mol. The molecule has 0 aliphatic carbocycles. The van der Waals surface area contributed by atoms with Gasteiger partial charge in [0.1, 0.15) is 0 Å². The number of rotatable bonds is 3. The fraction of sp³-hybridized carbons (Fsp3) is 1.00. The Morgan fingerprint density at radius 2 is 1.87 bits per heavy atom. The molecule has 88 valence electrons. The molecular formula is C12H23ClN2. The molecule has 2 aliphatic rings. The normalized spacial score (nSPS) is 34.8. The summed E-state index contributed by atoms with van der Waals surface area (Å²) in [5.41, 5.74) is 0. The molecule has 2 heterocycles. The first-order chi connectivity index (χ1) is 7.31. The summed E-state index contributed by atoms with van der Waals surface area (Å²) in [5.74, 6) is 0.816. The summed E-state index contributed by atoms with van der Waals surface area (Å²) in [6.07, 6.45) is 6.79. The second-order valence-corrected chi connectivity index (χ2v) is 5.38. The fourth-order valence-electron chi connectivity index (χ4n) is 2.96. The van der Waals surface area contributed by atoms with E-state index in [1.165, 1.54) is 51.7 Å². The zero-order valence-electron chi connectivity index (χ0n) is 9.79. The lowest BCUT2D eigenvalue weighted by molar-refractivity contribution is 0.124. The number of likely N-dealkylation sites (N-methyl/N-ethyl adjacent to an activating group) is 1. The molecule has 2 aliphatic heterocycles. The van der Waals surface area contributed by atoms with Crippen LogP contribution >= 0.6 is 11.6 Å². The molecule has 0 bridgehead atoms. The molecular weight excluding hydrogens is 208 g/mol. The van der Waals surface area contributed by atoms with Gasteiger partial charge in [-0.3, -0.25) is 4.90 Å². The maximum Gasteiger partial charge on any atom is 0.0379 e. The van der Waals surface area contributed by atoms with E-state index in [-0.39, 0.29) is 0 Å². The van der Waals surface area contributed by atoms with Gasteiger partial charge in [0.2, 0.25) is 0 Å². The van der Waals surface area contributed by atoms with Gasteiger partial charge in [0.15, 0.2) is 0 Å². The molecule has 0 spiro atoms. The summed E-state index contributed by atoms with van der Waals surface area (Å²) < 4.78 is 0. The summed E-state index contributed by atoms with van der Waals surface area (Å²) in [4.78, 5) is 5.14. The van der Waals surface area contributed by atoms with Crippen molar-refractivity contribution in [1.29, 1.82) is 0 Å². The molecule has 0 amide bonds. The molecule has 0 aromatic carbocycles. The highest BCUT2D eigenvalue weighted by Crippen LogP contribution is 2.22. The van der Waals surface area contributed by atoms with Crippen LogP contribution in [0.3, 0.4) is 0 Å². The predicted octanol–water partition coefficient (Wildman–Crippen LogP) is 2.17. The molecule has 2 fully saturated rings. The third-order valence-corrected chi connectivity index (χ3v) is 4.40. The van der Waals surface area contributed by atoms with Gasteiger partial charge in [0, 0.05) is 24.5 Å². The van der Waals surface area contributed by atoms with Crippen molar-refractivity contribution in [3.05, 3.63) is 0 Å². The Morgan fingerprint density at radius 1 is 1.07 bits per heavy atom. The highest BCUT2D eigenvalue weighted by Gasteiger charge is 2.28. The van der Waals surface area contributed by atoms with E-state index >= 15 is 0 Å². The van der Waals surface area contributed by atoms with Gasteiger partial charge in [0.05, 0.1) is 0 Å². The molecule has 3 heteroatoms. The van der Waals surface area contributed by atoms with Crippen LogP contribution in [0, 0.1) is 0 Å². The molecule has 2 nitrogen and oxygen atoms in total. The Balaban J connectivity index is 1.85. The summed E-state index contributed by atoms with van der Waals surface area (Å²) in [5, 5.41) is 0. The Kier molecular flexibility index (Phi) is 4.30. The van der Waals surface area contributed by atoms with Crippen LogP contribution in [0.1, 0.15) is 32.1 Å². The minimum absolute atomic E-state index is 0.648. The van der Waals surface area contributed by atoms with Crippen molar-refractivity contribution in [2.24, 2.45) is 0 Å². The topological polar surface area (TPSA) is 6.48 Å². The van der Waals surface area contributed by atoms with Crippen LogP contribution in [-0.4, -0.2) is 54.4 Å². The van der Waals surface area contributed by atoms with Crippen LogP contribution in [0.5, 0.6) is 0 Å². The lowest BCUT2D eigenvalue weighted by Crippen LogP contribution is -2.47. The van der Waals surface area contributed by atoms with Crippen molar-refractivity contribution in [3.63, 3.8) is 0 Å². The van der Waals surface area contributed by atoms with Crippen LogP contribution in [0.4, 0.5) is 0 Å². The summed E-state index contributed by atoms with van der Waals surface area (Å²) in [7, 11) is 2.26. The average Bonchev–Trinajstić information content (AvgIpc) is 2.65. The first kappa shape index (κ1) is 11.7. The number of likely N-dealkylation sites (tertiary alicyclic amines) is 2. The van der Waals surface area contributed by atoms with E-state index in [0.29, 0.717) is 6.04 Å². The third-order valence-electron chi connectivity index (χ3n) is 4.04. The molecule has 0 N–H and O–H groups in total. The number of nitrogens with zero attached hydrogens (tertiary/aromatic N) is 2. The van der Waals surface area contributed by atoms with Crippen molar-refractivity contribution in [1.82, 2.24) is 9.80 Å². The zero-order valence-corrected chi connectivity index (χ0v) is 10.5. The number of hydrogen-bond donors (Lipinski definition) is 0. The van der Waals surface area contributed by atoms with E-state index in [9.17, 15) is 0 Å². The summed E-state index contributed by atoms with van der Waals surface area (Å²) in [6, 6.07) is 1.43. The monoisotopic (exact) mass is 230 g/mol.